The fourth-order valence-electron chi connectivity index (χ4n) is 1.73. The van der Waals surface area contributed by atoms with Crippen molar-refractivity contribution in [1.29, 1.82) is 0 Å². The maximum absolute atomic E-state index is 10.2. The molecule has 0 saturated heterocycles. The number of nitrogens with two attached hydrogens (primary N) is 1. The quantitative estimate of drug-likeness (QED) is 0.901. The van der Waals surface area contributed by atoms with Crippen LogP contribution in [-0.2, 0) is 0 Å². The van der Waals surface area contributed by atoms with Crippen molar-refractivity contribution >= 4 is 23.2 Å². The first kappa shape index (κ1) is 13.4. The second kappa shape index (κ2) is 5.72. The van der Waals surface area contributed by atoms with E-state index < -0.39 is 12.1 Å². The summed E-state index contributed by atoms with van der Waals surface area (Å²) in [6.45, 7) is 0. The van der Waals surface area contributed by atoms with Crippen LogP contribution in [0.1, 0.15) is 23.3 Å². The van der Waals surface area contributed by atoms with Crippen molar-refractivity contribution in [2.24, 2.45) is 5.73 Å². The van der Waals surface area contributed by atoms with Crippen LogP contribution in [0.25, 0.3) is 0 Å². The molecular weight excluding hydrogens is 269 g/mol. The zero-order valence-electron chi connectivity index (χ0n) is 9.55. The van der Waals surface area contributed by atoms with Gasteiger partial charge in [0.05, 0.1) is 12.1 Å². The predicted octanol–water partition coefficient (Wildman–Crippen LogP) is 3.73. The van der Waals surface area contributed by atoms with Gasteiger partial charge in [-0.15, -0.1) is 0 Å². The first-order chi connectivity index (χ1) is 8.58. The minimum Gasteiger partial charge on any atom is -0.386 e. The fourth-order valence-corrected chi connectivity index (χ4v) is 1.99. The summed E-state index contributed by atoms with van der Waals surface area (Å²) < 4.78 is 0. The summed E-state index contributed by atoms with van der Waals surface area (Å²) in [5.74, 6) is 0. The molecule has 0 radical (unpaired) electrons. The van der Waals surface area contributed by atoms with E-state index >= 15 is 0 Å². The van der Waals surface area contributed by atoms with E-state index in [0.717, 1.165) is 11.1 Å². The molecule has 2 aromatic carbocycles. The molecule has 0 bridgehead atoms. The molecule has 0 aliphatic rings. The Labute approximate surface area is 116 Å². The third kappa shape index (κ3) is 3.03. The Balaban J connectivity index is 2.20. The van der Waals surface area contributed by atoms with E-state index in [9.17, 15) is 5.11 Å². The van der Waals surface area contributed by atoms with Gasteiger partial charge in [0.1, 0.15) is 0 Å². The van der Waals surface area contributed by atoms with E-state index in [4.69, 9.17) is 28.9 Å². The Bertz CT molecular complexity index is 461. The number of aliphatic hydroxyl groups is 1. The molecule has 0 aliphatic heterocycles. The van der Waals surface area contributed by atoms with Crippen molar-refractivity contribution in [2.75, 3.05) is 0 Å². The molecule has 2 atom stereocenters. The molecule has 0 fully saturated rings. The number of rotatable bonds is 3. The molecule has 3 N–H and O–H groups in total. The molecule has 2 nitrogen and oxygen atoms in total. The van der Waals surface area contributed by atoms with Gasteiger partial charge in [-0.2, -0.15) is 0 Å². The monoisotopic (exact) mass is 281 g/mol. The number of hydrogen-bond acceptors (Lipinski definition) is 2. The van der Waals surface area contributed by atoms with Gasteiger partial charge < -0.3 is 10.8 Å². The Morgan fingerprint density at radius 3 is 1.61 bits per heavy atom. The average molecular weight is 282 g/mol. The predicted molar refractivity (Wildman–Crippen MR) is 74.8 cm³/mol. The summed E-state index contributed by atoms with van der Waals surface area (Å²) in [6, 6.07) is 13.6. The highest BCUT2D eigenvalue weighted by atomic mass is 35.5. The van der Waals surface area contributed by atoms with Crippen molar-refractivity contribution in [2.45, 2.75) is 12.1 Å². The number of aliphatic hydroxyl groups excluding tert-OH is 1. The molecule has 0 spiro atoms. The summed E-state index contributed by atoms with van der Waals surface area (Å²) in [7, 11) is 0. The molecule has 2 unspecified atom stereocenters. The van der Waals surface area contributed by atoms with Gasteiger partial charge in [0.15, 0.2) is 0 Å². The lowest BCUT2D eigenvalue weighted by molar-refractivity contribution is 0.147. The number of halogens is 2. The lowest BCUT2D eigenvalue weighted by atomic mass is 9.97. The number of hydrogen-bond donors (Lipinski definition) is 2. The lowest BCUT2D eigenvalue weighted by Gasteiger charge is -2.19. The Morgan fingerprint density at radius 2 is 1.17 bits per heavy atom. The highest BCUT2D eigenvalue weighted by molar-refractivity contribution is 6.30. The Morgan fingerprint density at radius 1 is 0.778 bits per heavy atom. The zero-order valence-corrected chi connectivity index (χ0v) is 11.1. The van der Waals surface area contributed by atoms with Crippen LogP contribution in [0.2, 0.25) is 10.0 Å². The minimum absolute atomic E-state index is 0.497. The fraction of sp³-hybridized carbons (Fsp3) is 0.143. The molecule has 18 heavy (non-hydrogen) atoms. The third-order valence-corrected chi connectivity index (χ3v) is 3.31. The van der Waals surface area contributed by atoms with E-state index in [2.05, 4.69) is 0 Å². The maximum atomic E-state index is 10.2. The molecule has 0 aromatic heterocycles. The standard InChI is InChI=1S/C14H13Cl2NO/c15-11-5-1-9(2-6-11)13(17)14(18)10-3-7-12(16)8-4-10/h1-8,13-14,18H,17H2. The molecule has 94 valence electrons. The summed E-state index contributed by atoms with van der Waals surface area (Å²) in [5, 5.41) is 11.5. The Kier molecular flexibility index (Phi) is 4.25. The van der Waals surface area contributed by atoms with Gasteiger partial charge in [0.25, 0.3) is 0 Å². The van der Waals surface area contributed by atoms with Crippen molar-refractivity contribution in [3.8, 4) is 0 Å². The van der Waals surface area contributed by atoms with Crippen LogP contribution in [0.3, 0.4) is 0 Å². The molecular formula is C14H13Cl2NO. The zero-order chi connectivity index (χ0) is 13.1. The molecule has 0 amide bonds. The highest BCUT2D eigenvalue weighted by Crippen LogP contribution is 2.28. The van der Waals surface area contributed by atoms with E-state index in [1.54, 1.807) is 36.4 Å². The summed E-state index contributed by atoms with van der Waals surface area (Å²) in [5.41, 5.74) is 7.61. The normalized spacial score (nSPS) is 14.2. The molecule has 0 heterocycles. The highest BCUT2D eigenvalue weighted by Gasteiger charge is 2.18. The molecule has 4 heteroatoms. The van der Waals surface area contributed by atoms with Gasteiger partial charge in [0.2, 0.25) is 0 Å². The van der Waals surface area contributed by atoms with Crippen LogP contribution in [0.4, 0.5) is 0 Å². The van der Waals surface area contributed by atoms with Crippen LogP contribution >= 0.6 is 23.2 Å². The van der Waals surface area contributed by atoms with E-state index in [1.165, 1.54) is 0 Å². The van der Waals surface area contributed by atoms with E-state index in [1.807, 2.05) is 12.1 Å². The van der Waals surface area contributed by atoms with Crippen molar-refractivity contribution in [3.63, 3.8) is 0 Å². The van der Waals surface area contributed by atoms with Gasteiger partial charge >= 0.3 is 0 Å². The van der Waals surface area contributed by atoms with Gasteiger partial charge in [0, 0.05) is 10.0 Å². The molecule has 0 aliphatic carbocycles. The van der Waals surface area contributed by atoms with Crippen LogP contribution in [-0.4, -0.2) is 5.11 Å². The number of benzene rings is 2. The SMILES string of the molecule is NC(c1ccc(Cl)cc1)C(O)c1ccc(Cl)cc1. The van der Waals surface area contributed by atoms with E-state index in [0.29, 0.717) is 10.0 Å². The van der Waals surface area contributed by atoms with Crippen molar-refractivity contribution in [1.82, 2.24) is 0 Å². The summed E-state index contributed by atoms with van der Waals surface area (Å²) in [4.78, 5) is 0. The molecule has 2 aromatic rings. The van der Waals surface area contributed by atoms with Gasteiger partial charge in [-0.1, -0.05) is 47.5 Å². The van der Waals surface area contributed by atoms with Crippen LogP contribution in [0.15, 0.2) is 48.5 Å². The summed E-state index contributed by atoms with van der Waals surface area (Å²) in [6.07, 6.45) is -0.775. The summed E-state index contributed by atoms with van der Waals surface area (Å²) >= 11 is 11.6. The van der Waals surface area contributed by atoms with Crippen LogP contribution in [0.5, 0.6) is 0 Å². The first-order valence-corrected chi connectivity index (χ1v) is 6.28. The van der Waals surface area contributed by atoms with Gasteiger partial charge in [-0.25, -0.2) is 0 Å². The second-order valence-electron chi connectivity index (χ2n) is 4.07. The van der Waals surface area contributed by atoms with Crippen LogP contribution < -0.4 is 5.73 Å². The molecule has 0 saturated carbocycles. The lowest BCUT2D eigenvalue weighted by Crippen LogP contribution is -2.19. The largest absolute Gasteiger partial charge is 0.386 e. The maximum Gasteiger partial charge on any atom is 0.0982 e. The first-order valence-electron chi connectivity index (χ1n) is 5.52. The topological polar surface area (TPSA) is 46.2 Å². The van der Waals surface area contributed by atoms with Crippen molar-refractivity contribution in [3.05, 3.63) is 69.7 Å². The van der Waals surface area contributed by atoms with E-state index in [-0.39, 0.29) is 0 Å². The van der Waals surface area contributed by atoms with Crippen molar-refractivity contribution < 1.29 is 5.11 Å². The minimum atomic E-state index is -0.775. The molecule has 2 rings (SSSR count). The smallest absolute Gasteiger partial charge is 0.0982 e. The second-order valence-corrected chi connectivity index (χ2v) is 4.95. The Hall–Kier alpha value is -1.06. The third-order valence-electron chi connectivity index (χ3n) is 2.81. The van der Waals surface area contributed by atoms with Gasteiger partial charge in [-0.05, 0) is 35.4 Å². The van der Waals surface area contributed by atoms with Crippen LogP contribution in [0, 0.1) is 0 Å². The van der Waals surface area contributed by atoms with Gasteiger partial charge in [-0.3, -0.25) is 0 Å². The average Bonchev–Trinajstić information content (AvgIpc) is 2.39.